The standard InChI is InChI=1S/C18H20ClF3N6O/c1-10-17(19)11(2)27(25-10)7-5-15-23-24-16(29-15)6-8-28-13(12-3-4-12)9-14(26-28)18(20,21)22/h9,12H,3-8H2,1-2H3. The second-order valence-corrected chi connectivity index (χ2v) is 7.63. The lowest BCUT2D eigenvalue weighted by atomic mass is 10.2. The minimum atomic E-state index is -4.45. The molecule has 0 unspecified atom stereocenters. The molecule has 1 saturated carbocycles. The van der Waals surface area contributed by atoms with Gasteiger partial charge in [0.15, 0.2) is 5.69 Å². The van der Waals surface area contributed by atoms with Crippen LogP contribution in [0.25, 0.3) is 0 Å². The van der Waals surface area contributed by atoms with Gasteiger partial charge in [-0.3, -0.25) is 9.36 Å². The molecule has 1 aliphatic rings. The average molecular weight is 429 g/mol. The largest absolute Gasteiger partial charge is 0.435 e. The number of aryl methyl sites for hydroxylation is 5. The highest BCUT2D eigenvalue weighted by Crippen LogP contribution is 2.42. The number of nitrogens with zero attached hydrogens (tertiary/aromatic N) is 6. The molecular weight excluding hydrogens is 409 g/mol. The van der Waals surface area contributed by atoms with Crippen molar-refractivity contribution in [3.63, 3.8) is 0 Å². The Labute approximate surface area is 169 Å². The van der Waals surface area contributed by atoms with Crippen molar-refractivity contribution in [1.29, 1.82) is 0 Å². The molecule has 0 aromatic carbocycles. The lowest BCUT2D eigenvalue weighted by molar-refractivity contribution is -0.141. The maximum atomic E-state index is 13.0. The van der Waals surface area contributed by atoms with Crippen LogP contribution in [-0.4, -0.2) is 29.8 Å². The monoisotopic (exact) mass is 428 g/mol. The molecule has 11 heteroatoms. The minimum Gasteiger partial charge on any atom is -0.425 e. The van der Waals surface area contributed by atoms with E-state index >= 15 is 0 Å². The van der Waals surface area contributed by atoms with E-state index in [1.165, 1.54) is 4.68 Å². The fourth-order valence-corrected chi connectivity index (χ4v) is 3.38. The zero-order chi connectivity index (χ0) is 20.8. The zero-order valence-corrected chi connectivity index (χ0v) is 16.8. The summed E-state index contributed by atoms with van der Waals surface area (Å²) in [6, 6.07) is 1.15. The number of hydrogen-bond acceptors (Lipinski definition) is 5. The van der Waals surface area contributed by atoms with E-state index in [2.05, 4.69) is 20.4 Å². The maximum Gasteiger partial charge on any atom is 0.435 e. The summed E-state index contributed by atoms with van der Waals surface area (Å²) >= 11 is 6.14. The van der Waals surface area contributed by atoms with Crippen LogP contribution in [0.5, 0.6) is 0 Å². The van der Waals surface area contributed by atoms with Crippen LogP contribution in [0.1, 0.15) is 53.3 Å². The lowest BCUT2D eigenvalue weighted by Gasteiger charge is -2.04. The molecule has 4 rings (SSSR count). The molecule has 0 N–H and O–H groups in total. The molecular formula is C18H20ClF3N6O. The van der Waals surface area contributed by atoms with Crippen LogP contribution >= 0.6 is 11.6 Å². The highest BCUT2D eigenvalue weighted by molar-refractivity contribution is 6.31. The van der Waals surface area contributed by atoms with Crippen LogP contribution in [0.4, 0.5) is 13.2 Å². The van der Waals surface area contributed by atoms with Crippen molar-refractivity contribution in [3.05, 3.63) is 45.6 Å². The first-order valence-corrected chi connectivity index (χ1v) is 9.76. The molecule has 29 heavy (non-hydrogen) atoms. The lowest BCUT2D eigenvalue weighted by Crippen LogP contribution is -2.10. The second kappa shape index (κ2) is 7.47. The van der Waals surface area contributed by atoms with E-state index in [1.54, 1.807) is 4.68 Å². The first-order chi connectivity index (χ1) is 13.7. The van der Waals surface area contributed by atoms with Crippen molar-refractivity contribution < 1.29 is 17.6 Å². The van der Waals surface area contributed by atoms with Gasteiger partial charge >= 0.3 is 6.18 Å². The Morgan fingerprint density at radius 2 is 1.69 bits per heavy atom. The fraction of sp³-hybridized carbons (Fsp3) is 0.556. The first-order valence-electron chi connectivity index (χ1n) is 9.38. The van der Waals surface area contributed by atoms with Crippen molar-refractivity contribution in [1.82, 2.24) is 29.8 Å². The van der Waals surface area contributed by atoms with E-state index in [9.17, 15) is 13.2 Å². The van der Waals surface area contributed by atoms with Crippen LogP contribution in [0.2, 0.25) is 5.02 Å². The molecule has 3 aromatic heterocycles. The predicted octanol–water partition coefficient (Wildman–Crippen LogP) is 4.11. The highest BCUT2D eigenvalue weighted by Gasteiger charge is 2.37. The van der Waals surface area contributed by atoms with Crippen LogP contribution < -0.4 is 0 Å². The third-order valence-electron chi connectivity index (χ3n) is 4.97. The molecule has 0 amide bonds. The van der Waals surface area contributed by atoms with Crippen LogP contribution in [0, 0.1) is 13.8 Å². The summed E-state index contributed by atoms with van der Waals surface area (Å²) in [4.78, 5) is 0. The minimum absolute atomic E-state index is 0.157. The topological polar surface area (TPSA) is 74.6 Å². The summed E-state index contributed by atoms with van der Waals surface area (Å²) in [7, 11) is 0. The van der Waals surface area contributed by atoms with Gasteiger partial charge in [-0.2, -0.15) is 23.4 Å². The van der Waals surface area contributed by atoms with Crippen LogP contribution in [0.3, 0.4) is 0 Å². The molecule has 156 valence electrons. The number of halogens is 4. The van der Waals surface area contributed by atoms with Crippen molar-refractivity contribution in [2.75, 3.05) is 0 Å². The van der Waals surface area contributed by atoms with E-state index in [4.69, 9.17) is 16.0 Å². The first kappa shape index (κ1) is 19.9. The summed E-state index contributed by atoms with van der Waals surface area (Å²) in [5.74, 6) is 0.976. The second-order valence-electron chi connectivity index (χ2n) is 7.25. The third kappa shape index (κ3) is 4.31. The normalized spacial score (nSPS) is 14.7. The Bertz CT molecular complexity index is 1020. The smallest absolute Gasteiger partial charge is 0.425 e. The molecule has 0 saturated heterocycles. The van der Waals surface area contributed by atoms with Crippen molar-refractivity contribution in [2.45, 2.75) is 64.7 Å². The Morgan fingerprint density at radius 1 is 1.07 bits per heavy atom. The van der Waals surface area contributed by atoms with Crippen molar-refractivity contribution in [3.8, 4) is 0 Å². The van der Waals surface area contributed by atoms with Gasteiger partial charge in [0.25, 0.3) is 0 Å². The van der Waals surface area contributed by atoms with Crippen LogP contribution in [-0.2, 0) is 32.1 Å². The third-order valence-corrected chi connectivity index (χ3v) is 5.52. The van der Waals surface area contributed by atoms with E-state index in [0.717, 1.165) is 30.3 Å². The van der Waals surface area contributed by atoms with Gasteiger partial charge in [-0.15, -0.1) is 10.2 Å². The van der Waals surface area contributed by atoms with E-state index in [-0.39, 0.29) is 12.5 Å². The summed E-state index contributed by atoms with van der Waals surface area (Å²) in [6.07, 6.45) is -1.86. The van der Waals surface area contributed by atoms with Crippen molar-refractivity contribution >= 4 is 11.6 Å². The van der Waals surface area contributed by atoms with Gasteiger partial charge in [-0.25, -0.2) is 0 Å². The quantitative estimate of drug-likeness (QED) is 0.566. The number of rotatable bonds is 7. The molecule has 0 atom stereocenters. The Hall–Kier alpha value is -2.36. The number of alkyl halides is 3. The van der Waals surface area contributed by atoms with E-state index in [1.807, 2.05) is 13.8 Å². The van der Waals surface area contributed by atoms with Gasteiger partial charge in [0.1, 0.15) is 0 Å². The van der Waals surface area contributed by atoms with Crippen molar-refractivity contribution in [2.24, 2.45) is 0 Å². The summed E-state index contributed by atoms with van der Waals surface area (Å²) in [5.41, 5.74) is 1.41. The van der Waals surface area contributed by atoms with Gasteiger partial charge in [0.05, 0.1) is 16.4 Å². The van der Waals surface area contributed by atoms with Gasteiger partial charge in [0, 0.05) is 37.5 Å². The fourth-order valence-electron chi connectivity index (χ4n) is 3.24. The van der Waals surface area contributed by atoms with Gasteiger partial charge in [0.2, 0.25) is 11.8 Å². The molecule has 0 spiro atoms. The Balaban J connectivity index is 1.38. The van der Waals surface area contributed by atoms with E-state index in [0.29, 0.717) is 41.9 Å². The highest BCUT2D eigenvalue weighted by atomic mass is 35.5. The Kier molecular flexibility index (Phi) is 5.14. The molecule has 0 aliphatic heterocycles. The molecule has 1 aliphatic carbocycles. The molecule has 0 bridgehead atoms. The SMILES string of the molecule is Cc1nn(CCc2nnc(CCn3nc(C(F)(F)F)cc3C3CC3)o2)c(C)c1Cl. The Morgan fingerprint density at radius 3 is 2.21 bits per heavy atom. The number of hydrogen-bond donors (Lipinski definition) is 0. The predicted molar refractivity (Wildman–Crippen MR) is 97.6 cm³/mol. The van der Waals surface area contributed by atoms with Crippen LogP contribution in [0.15, 0.2) is 10.5 Å². The summed E-state index contributed by atoms with van der Waals surface area (Å²) in [6.45, 7) is 4.53. The molecule has 0 radical (unpaired) electrons. The van der Waals surface area contributed by atoms with Gasteiger partial charge < -0.3 is 4.42 Å². The van der Waals surface area contributed by atoms with E-state index < -0.39 is 11.9 Å². The van der Waals surface area contributed by atoms with Gasteiger partial charge in [-0.1, -0.05) is 11.6 Å². The maximum absolute atomic E-state index is 13.0. The molecule has 1 fully saturated rings. The summed E-state index contributed by atoms with van der Waals surface area (Å²) < 4.78 is 47.8. The molecule has 7 nitrogen and oxygen atoms in total. The zero-order valence-electron chi connectivity index (χ0n) is 16.0. The molecule has 3 aromatic rings. The number of aromatic nitrogens is 6. The average Bonchev–Trinajstić information content (AvgIpc) is 3.16. The summed E-state index contributed by atoms with van der Waals surface area (Å²) in [5, 5.41) is 16.7. The van der Waals surface area contributed by atoms with Gasteiger partial charge in [-0.05, 0) is 32.8 Å². The molecule has 3 heterocycles.